The number of hydrogen-bond donors (Lipinski definition) is 26. The first-order valence-electron chi connectivity index (χ1n) is 33.2. The van der Waals surface area contributed by atoms with Gasteiger partial charge in [0.15, 0.2) is 56.6 Å². The second-order valence-corrected chi connectivity index (χ2v) is 26.6. The van der Waals surface area contributed by atoms with E-state index in [0.717, 1.165) is 13.8 Å². The first-order chi connectivity index (χ1) is 48.6. The lowest BCUT2D eigenvalue weighted by Crippen LogP contribution is -2.72. The lowest BCUT2D eigenvalue weighted by Gasteiger charge is -2.53. The van der Waals surface area contributed by atoms with Gasteiger partial charge in [0.1, 0.15) is 201 Å². The lowest BCUT2D eigenvalue weighted by atomic mass is 9.93. The molecule has 0 saturated carbocycles. The fourth-order valence-electron chi connectivity index (χ4n) is 13.6. The zero-order valence-electron chi connectivity index (χ0n) is 55.7. The van der Waals surface area contributed by atoms with Crippen molar-refractivity contribution in [3.8, 4) is 0 Å². The van der Waals surface area contributed by atoms with Crippen LogP contribution in [0.15, 0.2) is 0 Å². The molecule has 45 atom stereocenters. The number of amides is 2. The van der Waals surface area contributed by atoms with Gasteiger partial charge in [0, 0.05) is 13.8 Å². The molecule has 0 aromatic carbocycles. The van der Waals surface area contributed by atoms with Crippen molar-refractivity contribution in [3.63, 3.8) is 0 Å². The third-order valence-corrected chi connectivity index (χ3v) is 19.5. The highest BCUT2D eigenvalue weighted by Gasteiger charge is 2.62. The van der Waals surface area contributed by atoms with Crippen molar-refractivity contribution in [2.75, 3.05) is 39.6 Å². The van der Waals surface area contributed by atoms with E-state index < -0.39 is 328 Å². The van der Waals surface area contributed by atoms with Gasteiger partial charge in [0.2, 0.25) is 11.8 Å². The van der Waals surface area contributed by atoms with E-state index in [-0.39, 0.29) is 0 Å². The van der Waals surface area contributed by atoms with E-state index >= 15 is 0 Å². The molecule has 0 spiro atoms. The molecule has 2 amide bonds. The molecule has 45 heteroatoms. The fourth-order valence-corrected chi connectivity index (χ4v) is 13.6. The molecule has 9 saturated heterocycles. The third kappa shape index (κ3) is 17.9. The molecule has 0 radical (unpaired) electrons. The smallest absolute Gasteiger partial charge is 0.217 e. The Hall–Kier alpha value is -2.70. The van der Waals surface area contributed by atoms with Gasteiger partial charge < -0.3 is 214 Å². The Morgan fingerprint density at radius 3 is 0.883 bits per heavy atom. The number of ether oxygens (including phenoxy) is 17. The molecular weight excluding hydrogens is 1410 g/mol. The van der Waals surface area contributed by atoms with Gasteiger partial charge in [0.25, 0.3) is 0 Å². The van der Waals surface area contributed by atoms with Gasteiger partial charge in [-0.3, -0.25) is 9.59 Å². The highest BCUT2D eigenvalue weighted by molar-refractivity contribution is 5.73. The highest BCUT2D eigenvalue weighted by Crippen LogP contribution is 2.41. The summed E-state index contributed by atoms with van der Waals surface area (Å²) in [5, 5.41) is 270. The first kappa shape index (κ1) is 84.3. The molecule has 18 unspecified atom stereocenters. The normalized spacial score (nSPS) is 52.3. The Morgan fingerprint density at radius 1 is 0.252 bits per heavy atom. The van der Waals surface area contributed by atoms with Gasteiger partial charge in [-0.25, -0.2) is 0 Å². The molecule has 26 N–H and O–H groups in total. The Balaban J connectivity index is 1.06. The monoisotopic (exact) mass is 1510 g/mol. The van der Waals surface area contributed by atoms with E-state index in [1.54, 1.807) is 0 Å². The zero-order valence-corrected chi connectivity index (χ0v) is 55.7. The van der Waals surface area contributed by atoms with Crippen molar-refractivity contribution in [2.45, 2.75) is 311 Å². The van der Waals surface area contributed by atoms with Crippen molar-refractivity contribution in [1.29, 1.82) is 0 Å². The highest BCUT2D eigenvalue weighted by atomic mass is 16.8. The van der Waals surface area contributed by atoms with E-state index in [2.05, 4.69) is 10.6 Å². The van der Waals surface area contributed by atoms with Crippen molar-refractivity contribution in [1.82, 2.24) is 10.6 Å². The Labute approximate surface area is 584 Å². The van der Waals surface area contributed by atoms with Gasteiger partial charge in [-0.2, -0.15) is 0 Å². The number of carbonyl (C=O) groups is 2. The van der Waals surface area contributed by atoms with Crippen molar-refractivity contribution >= 4 is 11.8 Å². The summed E-state index contributed by atoms with van der Waals surface area (Å²) in [5.41, 5.74) is 0. The van der Waals surface area contributed by atoms with Crippen LogP contribution in [0.4, 0.5) is 0 Å². The van der Waals surface area contributed by atoms with Crippen LogP contribution in [0.25, 0.3) is 0 Å². The molecule has 9 aliphatic heterocycles. The summed E-state index contributed by atoms with van der Waals surface area (Å²) in [6.45, 7) is -1.11. The lowest BCUT2D eigenvalue weighted by molar-refractivity contribution is -0.404. The Bertz CT molecular complexity index is 2660. The summed E-state index contributed by atoms with van der Waals surface area (Å²) in [5.74, 6) is -1.98. The summed E-state index contributed by atoms with van der Waals surface area (Å²) < 4.78 is 102. The molecule has 9 fully saturated rings. The van der Waals surface area contributed by atoms with Crippen LogP contribution < -0.4 is 10.6 Å². The second kappa shape index (κ2) is 36.0. The van der Waals surface area contributed by atoms with E-state index in [1.165, 1.54) is 20.8 Å². The molecule has 598 valence electrons. The van der Waals surface area contributed by atoms with E-state index in [4.69, 9.17) is 80.5 Å². The summed E-state index contributed by atoms with van der Waals surface area (Å²) in [6, 6.07) is -4.02. The average Bonchev–Trinajstić information content (AvgIpc) is 0.761. The number of rotatable bonds is 24. The number of nitrogens with one attached hydrogen (secondary N) is 2. The topological polar surface area (TPSA) is 701 Å². The quantitative estimate of drug-likeness (QED) is 0.0427. The maximum atomic E-state index is 13.5. The van der Waals surface area contributed by atoms with Crippen LogP contribution in [0, 0.1) is 0 Å². The van der Waals surface area contributed by atoms with Crippen molar-refractivity contribution < 1.29 is 213 Å². The Morgan fingerprint density at radius 2 is 0.524 bits per heavy atom. The van der Waals surface area contributed by atoms with E-state index in [0.29, 0.717) is 0 Å². The van der Waals surface area contributed by atoms with Crippen LogP contribution in [0.1, 0.15) is 34.6 Å². The molecule has 0 aromatic rings. The number of aliphatic hydroxyl groups excluding tert-OH is 24. The summed E-state index contributed by atoms with van der Waals surface area (Å²) in [4.78, 5) is 26.9. The van der Waals surface area contributed by atoms with Gasteiger partial charge >= 0.3 is 0 Å². The first-order valence-corrected chi connectivity index (χ1v) is 33.2. The van der Waals surface area contributed by atoms with E-state index in [1.807, 2.05) is 0 Å². The molecule has 0 aliphatic carbocycles. The zero-order chi connectivity index (χ0) is 75.8. The minimum atomic E-state index is -2.48. The van der Waals surface area contributed by atoms with Crippen LogP contribution in [0.2, 0.25) is 0 Å². The Kier molecular flexibility index (Phi) is 29.5. The average molecular weight is 1510 g/mol. The molecule has 0 bridgehead atoms. The van der Waals surface area contributed by atoms with Gasteiger partial charge in [-0.1, -0.05) is 0 Å². The largest absolute Gasteiger partial charge is 0.394 e. The van der Waals surface area contributed by atoms with Crippen molar-refractivity contribution in [2.24, 2.45) is 0 Å². The predicted octanol–water partition coefficient (Wildman–Crippen LogP) is -17.3. The molecule has 9 heterocycles. The summed E-state index contributed by atoms with van der Waals surface area (Å²) in [7, 11) is 0. The molecular formula is C58H98N2O43. The maximum absolute atomic E-state index is 13.5. The van der Waals surface area contributed by atoms with Crippen LogP contribution in [-0.2, 0) is 90.1 Å². The van der Waals surface area contributed by atoms with Crippen molar-refractivity contribution in [3.05, 3.63) is 0 Å². The van der Waals surface area contributed by atoms with Crippen LogP contribution >= 0.6 is 0 Å². The number of aliphatic hydroxyl groups is 24. The van der Waals surface area contributed by atoms with E-state index in [9.17, 15) is 132 Å². The van der Waals surface area contributed by atoms with Gasteiger partial charge in [0.05, 0.1) is 58.0 Å². The standard InChI is InChI=1S/C58H98N2O43/c1-12-25(69)31(75)37(81)53(87-12)99-45-23(59-15(4)67)51(101-47-29(73)18(7-62)91-56(40(47)84)96-42-20(9-64)90-50(86)36(80)35(42)79)94-21(10-65)43(45)97-57-41(85)48(30(74)19(8-63)92-57)102-52-24(60-16(5)68)46(100-54-38(82)32(76)26(70)13(2)88-54)44(22(11-66)95-52)98-58-49(34(78)28(72)17(6-61)93-58)103-55-39(83)33(77)27(71)14(3)89-55/h12-14,17-58,61-66,69-86H,6-11H2,1-5H3,(H,59,67)(H,60,68)/t12?,13?,14-,17+,18?,19+,20?,21?,22?,23?,24?,25-,26-,27+,28+,29-,30+,31+,32+,33?,34?,35+,36?,37?,38?,39?,40?,41?,42-,43-,44-,45+,46+,47-,48?,49?,50+,51-,52-,53-,54-,55+,56-,57+,58+/m0/s1. The van der Waals surface area contributed by atoms with Gasteiger partial charge in [-0.15, -0.1) is 0 Å². The molecule has 0 aromatic heterocycles. The van der Waals surface area contributed by atoms with Crippen LogP contribution in [0.5, 0.6) is 0 Å². The second-order valence-electron chi connectivity index (χ2n) is 26.6. The molecule has 45 nitrogen and oxygen atoms in total. The summed E-state index contributed by atoms with van der Waals surface area (Å²) >= 11 is 0. The van der Waals surface area contributed by atoms with Crippen LogP contribution in [0.3, 0.4) is 0 Å². The SMILES string of the molecule is CC(=O)NC1[C@H](O[C@@H]2C(O)[C@H](O[C@H]3C(CO)O[C@@H](O)C(O)[C@H]3O)OC(CO)[C@@H]2O)OC(CO)[C@H](O[C@H]2O[C@H](CO)[C@@H](O)C(O[C@@H]3OC(CO)[C@H](O[C@H]4O[C@H](CO)[C@@H](O)C(O)C4O[C@H]4O[C@@H](C)[C@@H](O)C(O)C4O)[C@H](O[C@@H]4OC(C)[C@H](O)[C@@H](O)C4O)C3NC(C)=O)C2O)[C@@H]1O[C@@H]1OC(C)[C@H](O)[C@@H](O)C1O. The maximum Gasteiger partial charge on any atom is 0.217 e. The van der Waals surface area contributed by atoms with Gasteiger partial charge in [-0.05, 0) is 20.8 Å². The molecule has 103 heavy (non-hydrogen) atoms. The number of hydrogen-bond acceptors (Lipinski definition) is 43. The minimum absolute atomic E-state index is 0.936. The van der Waals surface area contributed by atoms with Crippen LogP contribution in [-0.4, -0.2) is 450 Å². The summed E-state index contributed by atoms with van der Waals surface area (Å²) in [6.07, 6.45) is -86.2. The fraction of sp³-hybridized carbons (Fsp3) is 0.966. The number of carbonyl (C=O) groups excluding carboxylic acids is 2. The third-order valence-electron chi connectivity index (χ3n) is 19.5. The molecule has 9 aliphatic rings. The minimum Gasteiger partial charge on any atom is -0.394 e. The molecule has 9 rings (SSSR count). The predicted molar refractivity (Wildman–Crippen MR) is 316 cm³/mol.